The number of hydrogen-bond donors (Lipinski definition) is 1. The first-order valence-corrected chi connectivity index (χ1v) is 7.37. The highest BCUT2D eigenvalue weighted by Crippen LogP contribution is 2.28. The van der Waals surface area contributed by atoms with Crippen molar-refractivity contribution in [3.05, 3.63) is 29.3 Å². The standard InChI is InChI=1S/C17H24N2O2/c1-11-6-7-14(12(2)8-11)19-10-13(9-15(19)20)16(21)18-17(3,4)5/h6-8,13H,9-10H2,1-5H3,(H,18,21)/t13-/m0/s1. The van der Waals surface area contributed by atoms with E-state index in [9.17, 15) is 9.59 Å². The number of nitrogens with zero attached hydrogens (tertiary/aromatic N) is 1. The molecule has 114 valence electrons. The van der Waals surface area contributed by atoms with Gasteiger partial charge in [-0.15, -0.1) is 0 Å². The van der Waals surface area contributed by atoms with E-state index in [0.29, 0.717) is 6.54 Å². The van der Waals surface area contributed by atoms with Crippen LogP contribution in [0, 0.1) is 19.8 Å². The van der Waals surface area contributed by atoms with Crippen molar-refractivity contribution in [1.29, 1.82) is 0 Å². The summed E-state index contributed by atoms with van der Waals surface area (Å²) in [6.07, 6.45) is 0.287. The van der Waals surface area contributed by atoms with Crippen molar-refractivity contribution in [1.82, 2.24) is 5.32 Å². The highest BCUT2D eigenvalue weighted by Gasteiger charge is 2.36. The number of amides is 2. The molecule has 4 heteroatoms. The van der Waals surface area contributed by atoms with Gasteiger partial charge in [0, 0.05) is 24.2 Å². The average molecular weight is 288 g/mol. The molecule has 1 heterocycles. The summed E-state index contributed by atoms with van der Waals surface area (Å²) in [7, 11) is 0. The Bertz CT molecular complexity index is 573. The molecule has 1 aliphatic heterocycles. The Kier molecular flexibility index (Phi) is 4.08. The van der Waals surface area contributed by atoms with Crippen molar-refractivity contribution in [2.75, 3.05) is 11.4 Å². The molecular formula is C17H24N2O2. The minimum absolute atomic E-state index is 0.0241. The molecule has 1 saturated heterocycles. The molecule has 4 nitrogen and oxygen atoms in total. The maximum Gasteiger partial charge on any atom is 0.227 e. The topological polar surface area (TPSA) is 49.4 Å². The van der Waals surface area contributed by atoms with Gasteiger partial charge in [0.2, 0.25) is 11.8 Å². The Morgan fingerprint density at radius 2 is 1.95 bits per heavy atom. The lowest BCUT2D eigenvalue weighted by Gasteiger charge is -2.23. The summed E-state index contributed by atoms with van der Waals surface area (Å²) in [6.45, 7) is 10.3. The third-order valence-electron chi connectivity index (χ3n) is 3.64. The second-order valence-corrected chi connectivity index (χ2v) is 6.93. The number of carbonyl (C=O) groups excluding carboxylic acids is 2. The van der Waals surface area contributed by atoms with Crippen LogP contribution in [0.3, 0.4) is 0 Å². The lowest BCUT2D eigenvalue weighted by molar-refractivity contribution is -0.127. The van der Waals surface area contributed by atoms with Crippen molar-refractivity contribution >= 4 is 17.5 Å². The van der Waals surface area contributed by atoms with E-state index < -0.39 is 0 Å². The summed E-state index contributed by atoms with van der Waals surface area (Å²) < 4.78 is 0. The first kappa shape index (κ1) is 15.5. The quantitative estimate of drug-likeness (QED) is 0.909. The van der Waals surface area contributed by atoms with Crippen LogP contribution in [0.15, 0.2) is 18.2 Å². The fourth-order valence-corrected chi connectivity index (χ4v) is 2.70. The largest absolute Gasteiger partial charge is 0.351 e. The zero-order chi connectivity index (χ0) is 15.8. The van der Waals surface area contributed by atoms with Gasteiger partial charge >= 0.3 is 0 Å². The SMILES string of the molecule is Cc1ccc(N2C[C@@H](C(=O)NC(C)(C)C)CC2=O)c(C)c1. The molecule has 0 unspecified atom stereocenters. The molecule has 0 aliphatic carbocycles. The van der Waals surface area contributed by atoms with E-state index in [1.807, 2.05) is 46.8 Å². The Morgan fingerprint density at radius 1 is 1.29 bits per heavy atom. The van der Waals surface area contributed by atoms with Crippen LogP contribution in [0.1, 0.15) is 38.3 Å². The molecule has 0 aromatic heterocycles. The van der Waals surface area contributed by atoms with Crippen LogP contribution in [0.4, 0.5) is 5.69 Å². The minimum Gasteiger partial charge on any atom is -0.351 e. The van der Waals surface area contributed by atoms with Crippen LogP contribution in [-0.4, -0.2) is 23.9 Å². The number of carbonyl (C=O) groups is 2. The highest BCUT2D eigenvalue weighted by molar-refractivity contribution is 6.00. The van der Waals surface area contributed by atoms with Crippen LogP contribution in [0.2, 0.25) is 0 Å². The third kappa shape index (κ3) is 3.63. The van der Waals surface area contributed by atoms with Crippen molar-refractivity contribution in [3.8, 4) is 0 Å². The Hall–Kier alpha value is -1.84. The summed E-state index contributed by atoms with van der Waals surface area (Å²) >= 11 is 0. The van der Waals surface area contributed by atoms with E-state index in [0.717, 1.165) is 11.3 Å². The zero-order valence-corrected chi connectivity index (χ0v) is 13.5. The molecule has 0 spiro atoms. The molecule has 1 fully saturated rings. The molecular weight excluding hydrogens is 264 g/mol. The third-order valence-corrected chi connectivity index (χ3v) is 3.64. The van der Waals surface area contributed by atoms with Gasteiger partial charge in [-0.1, -0.05) is 17.7 Å². The van der Waals surface area contributed by atoms with Gasteiger partial charge in [0.05, 0.1) is 5.92 Å². The van der Waals surface area contributed by atoms with E-state index in [4.69, 9.17) is 0 Å². The normalized spacial score (nSPS) is 19.0. The van der Waals surface area contributed by atoms with E-state index in [1.165, 1.54) is 5.56 Å². The molecule has 2 rings (SSSR count). The maximum absolute atomic E-state index is 12.2. The summed E-state index contributed by atoms with van der Waals surface area (Å²) in [4.78, 5) is 26.2. The Morgan fingerprint density at radius 3 is 2.52 bits per heavy atom. The molecule has 1 N–H and O–H groups in total. The van der Waals surface area contributed by atoms with E-state index in [2.05, 4.69) is 11.4 Å². The van der Waals surface area contributed by atoms with Crippen LogP contribution >= 0.6 is 0 Å². The first-order chi connectivity index (χ1) is 9.67. The van der Waals surface area contributed by atoms with E-state index in [-0.39, 0.29) is 29.7 Å². The van der Waals surface area contributed by atoms with Gasteiger partial charge in [0.15, 0.2) is 0 Å². The molecule has 1 aromatic rings. The van der Waals surface area contributed by atoms with Crippen LogP contribution in [0.5, 0.6) is 0 Å². The van der Waals surface area contributed by atoms with Gasteiger partial charge < -0.3 is 10.2 Å². The van der Waals surface area contributed by atoms with Gasteiger partial charge in [0.25, 0.3) is 0 Å². The minimum atomic E-state index is -0.271. The number of anilines is 1. The predicted molar refractivity (Wildman–Crippen MR) is 84.3 cm³/mol. The molecule has 21 heavy (non-hydrogen) atoms. The van der Waals surface area contributed by atoms with Gasteiger partial charge in [-0.25, -0.2) is 0 Å². The van der Waals surface area contributed by atoms with Gasteiger partial charge in [0.1, 0.15) is 0 Å². The molecule has 1 aliphatic rings. The molecule has 2 amide bonds. The summed E-state index contributed by atoms with van der Waals surface area (Å²) in [6, 6.07) is 6.02. The Labute approximate surface area is 126 Å². The highest BCUT2D eigenvalue weighted by atomic mass is 16.2. The zero-order valence-electron chi connectivity index (χ0n) is 13.5. The second kappa shape index (κ2) is 5.51. The van der Waals surface area contributed by atoms with Crippen molar-refractivity contribution < 1.29 is 9.59 Å². The van der Waals surface area contributed by atoms with E-state index >= 15 is 0 Å². The maximum atomic E-state index is 12.2. The van der Waals surface area contributed by atoms with Crippen molar-refractivity contribution in [2.45, 2.75) is 46.6 Å². The smallest absolute Gasteiger partial charge is 0.227 e. The molecule has 0 saturated carbocycles. The Balaban J connectivity index is 2.14. The number of aryl methyl sites for hydroxylation is 2. The van der Waals surface area contributed by atoms with Crippen molar-refractivity contribution in [2.24, 2.45) is 5.92 Å². The number of nitrogens with one attached hydrogen (secondary N) is 1. The van der Waals surface area contributed by atoms with Gasteiger partial charge in [-0.05, 0) is 46.2 Å². The van der Waals surface area contributed by atoms with Crippen LogP contribution in [0.25, 0.3) is 0 Å². The van der Waals surface area contributed by atoms with Crippen molar-refractivity contribution in [3.63, 3.8) is 0 Å². The van der Waals surface area contributed by atoms with Gasteiger partial charge in [-0.3, -0.25) is 9.59 Å². The fraction of sp³-hybridized carbons (Fsp3) is 0.529. The summed E-state index contributed by atoms with van der Waals surface area (Å²) in [5.74, 6) is -0.281. The number of rotatable bonds is 2. The number of benzene rings is 1. The van der Waals surface area contributed by atoms with Crippen LogP contribution < -0.4 is 10.2 Å². The summed E-state index contributed by atoms with van der Waals surface area (Å²) in [5.41, 5.74) is 2.88. The monoisotopic (exact) mass is 288 g/mol. The fourth-order valence-electron chi connectivity index (χ4n) is 2.70. The first-order valence-electron chi connectivity index (χ1n) is 7.37. The summed E-state index contributed by atoms with van der Waals surface area (Å²) in [5, 5.41) is 2.96. The molecule has 1 atom stereocenters. The lowest BCUT2D eigenvalue weighted by atomic mass is 10.0. The van der Waals surface area contributed by atoms with Crippen LogP contribution in [-0.2, 0) is 9.59 Å². The van der Waals surface area contributed by atoms with Gasteiger partial charge in [-0.2, -0.15) is 0 Å². The molecule has 0 radical (unpaired) electrons. The lowest BCUT2D eigenvalue weighted by Crippen LogP contribution is -2.44. The number of hydrogen-bond acceptors (Lipinski definition) is 2. The average Bonchev–Trinajstić information content (AvgIpc) is 2.69. The molecule has 1 aromatic carbocycles. The predicted octanol–water partition coefficient (Wildman–Crippen LogP) is 2.57. The van der Waals surface area contributed by atoms with E-state index in [1.54, 1.807) is 4.90 Å². The molecule has 0 bridgehead atoms. The second-order valence-electron chi connectivity index (χ2n) is 6.93.